The van der Waals surface area contributed by atoms with Crippen LogP contribution in [-0.4, -0.2) is 19.4 Å². The normalized spacial score (nSPS) is 14.0. The second-order valence-corrected chi connectivity index (χ2v) is 5.48. The van der Waals surface area contributed by atoms with Gasteiger partial charge in [0.25, 0.3) is 0 Å². The smallest absolute Gasteiger partial charge is 0.231 e. The van der Waals surface area contributed by atoms with Crippen molar-refractivity contribution in [1.82, 2.24) is 0 Å². The summed E-state index contributed by atoms with van der Waals surface area (Å²) in [4.78, 5) is 0. The molecule has 116 valence electrons. The van der Waals surface area contributed by atoms with Crippen molar-refractivity contribution < 1.29 is 14.2 Å². The van der Waals surface area contributed by atoms with E-state index in [0.717, 1.165) is 48.5 Å². The predicted octanol–water partition coefficient (Wildman–Crippen LogP) is 3.43. The molecule has 2 rings (SSSR count). The molecule has 1 aliphatic heterocycles. The summed E-state index contributed by atoms with van der Waals surface area (Å²) in [5.41, 5.74) is 6.99. The first kappa shape index (κ1) is 15.7. The van der Waals surface area contributed by atoms with Gasteiger partial charge in [-0.15, -0.1) is 6.58 Å². The molecule has 0 fully saturated rings. The lowest BCUT2D eigenvalue weighted by Gasteiger charge is -2.14. The summed E-state index contributed by atoms with van der Waals surface area (Å²) in [6.07, 6.45) is 7.15. The minimum absolute atomic E-state index is 0.0836. The van der Waals surface area contributed by atoms with Crippen LogP contribution in [0.25, 0.3) is 0 Å². The fraction of sp³-hybridized carbons (Fsp3) is 0.529. The van der Waals surface area contributed by atoms with Crippen molar-refractivity contribution in [3.63, 3.8) is 0 Å². The minimum Gasteiger partial charge on any atom is -0.493 e. The van der Waals surface area contributed by atoms with Crippen molar-refractivity contribution in [2.45, 2.75) is 45.1 Å². The summed E-state index contributed by atoms with van der Waals surface area (Å²) in [6.45, 7) is 6.71. The van der Waals surface area contributed by atoms with Crippen LogP contribution in [0.1, 0.15) is 38.2 Å². The van der Waals surface area contributed by atoms with Crippen LogP contribution in [-0.2, 0) is 6.42 Å². The molecule has 0 aliphatic carbocycles. The molecule has 1 aromatic carbocycles. The molecule has 0 spiro atoms. The minimum atomic E-state index is 0.0836. The van der Waals surface area contributed by atoms with Crippen molar-refractivity contribution >= 4 is 0 Å². The fourth-order valence-corrected chi connectivity index (χ4v) is 2.36. The topological polar surface area (TPSA) is 53.7 Å². The average molecular weight is 291 g/mol. The van der Waals surface area contributed by atoms with Crippen LogP contribution in [0.2, 0.25) is 0 Å². The van der Waals surface area contributed by atoms with Crippen molar-refractivity contribution in [3.8, 4) is 17.2 Å². The number of ether oxygens (including phenoxy) is 3. The Balaban J connectivity index is 1.94. The highest BCUT2D eigenvalue weighted by atomic mass is 16.7. The molecule has 1 unspecified atom stereocenters. The number of unbranched alkanes of at least 4 members (excludes halogenated alkanes) is 3. The summed E-state index contributed by atoms with van der Waals surface area (Å²) in [5.74, 6) is 2.40. The van der Waals surface area contributed by atoms with E-state index >= 15 is 0 Å². The monoisotopic (exact) mass is 291 g/mol. The maximum atomic E-state index is 5.93. The molecule has 0 bridgehead atoms. The first-order chi connectivity index (χ1) is 10.2. The van der Waals surface area contributed by atoms with E-state index in [1.807, 2.05) is 25.1 Å². The molecule has 1 heterocycles. The van der Waals surface area contributed by atoms with E-state index < -0.39 is 0 Å². The van der Waals surface area contributed by atoms with Crippen molar-refractivity contribution in [3.05, 3.63) is 30.4 Å². The third-order valence-electron chi connectivity index (χ3n) is 3.41. The van der Waals surface area contributed by atoms with Gasteiger partial charge in [0.05, 0.1) is 6.61 Å². The largest absolute Gasteiger partial charge is 0.493 e. The number of rotatable bonds is 9. The molecular weight excluding hydrogens is 266 g/mol. The van der Waals surface area contributed by atoms with Gasteiger partial charge in [0, 0.05) is 12.1 Å². The zero-order valence-electron chi connectivity index (χ0n) is 12.8. The molecule has 2 N–H and O–H groups in total. The van der Waals surface area contributed by atoms with Crippen LogP contribution >= 0.6 is 0 Å². The van der Waals surface area contributed by atoms with Gasteiger partial charge in [-0.25, -0.2) is 0 Å². The van der Waals surface area contributed by atoms with Crippen LogP contribution in [0.4, 0.5) is 0 Å². The zero-order chi connectivity index (χ0) is 15.1. The Morgan fingerprint density at radius 2 is 2.05 bits per heavy atom. The summed E-state index contributed by atoms with van der Waals surface area (Å²) in [5, 5.41) is 0. The SMILES string of the molecule is C=CCCCCCOc1cc2c(cc1CC(C)N)OCO2. The van der Waals surface area contributed by atoms with Gasteiger partial charge in [-0.05, 0) is 50.7 Å². The molecule has 1 aliphatic rings. The van der Waals surface area contributed by atoms with E-state index in [-0.39, 0.29) is 12.8 Å². The quantitative estimate of drug-likeness (QED) is 0.559. The standard InChI is InChI=1S/C17H25NO3/c1-3-4-5-6-7-8-19-15-11-17-16(20-12-21-17)10-14(15)9-13(2)18/h3,10-11,13H,1,4-9,12,18H2,2H3. The Morgan fingerprint density at radius 3 is 2.76 bits per heavy atom. The number of benzene rings is 1. The Bertz CT molecular complexity index is 471. The molecule has 0 saturated heterocycles. The fourth-order valence-electron chi connectivity index (χ4n) is 2.36. The Hall–Kier alpha value is -1.68. The first-order valence-electron chi connectivity index (χ1n) is 7.62. The van der Waals surface area contributed by atoms with Gasteiger partial charge in [-0.3, -0.25) is 0 Å². The van der Waals surface area contributed by atoms with Gasteiger partial charge < -0.3 is 19.9 Å². The molecule has 4 heteroatoms. The first-order valence-corrected chi connectivity index (χ1v) is 7.62. The number of fused-ring (bicyclic) bond motifs is 1. The third kappa shape index (κ3) is 4.67. The number of nitrogens with two attached hydrogens (primary N) is 1. The number of allylic oxidation sites excluding steroid dienone is 1. The van der Waals surface area contributed by atoms with Crippen molar-refractivity contribution in [2.24, 2.45) is 5.73 Å². The van der Waals surface area contributed by atoms with E-state index in [1.165, 1.54) is 6.42 Å². The molecule has 1 aromatic rings. The van der Waals surface area contributed by atoms with Crippen LogP contribution in [0, 0.1) is 0 Å². The molecule has 0 radical (unpaired) electrons. The van der Waals surface area contributed by atoms with Gasteiger partial charge in [-0.1, -0.05) is 6.08 Å². The molecule has 4 nitrogen and oxygen atoms in total. The molecule has 21 heavy (non-hydrogen) atoms. The highest BCUT2D eigenvalue weighted by Crippen LogP contribution is 2.38. The van der Waals surface area contributed by atoms with Gasteiger partial charge >= 0.3 is 0 Å². The highest BCUT2D eigenvalue weighted by Gasteiger charge is 2.18. The van der Waals surface area contributed by atoms with Crippen LogP contribution < -0.4 is 19.9 Å². The van der Waals surface area contributed by atoms with Crippen molar-refractivity contribution in [2.75, 3.05) is 13.4 Å². The predicted molar refractivity (Wildman–Crippen MR) is 84.1 cm³/mol. The summed E-state index contributed by atoms with van der Waals surface area (Å²) in [7, 11) is 0. The molecule has 0 aromatic heterocycles. The molecule has 0 amide bonds. The number of hydrogen-bond acceptors (Lipinski definition) is 4. The van der Waals surface area contributed by atoms with Crippen LogP contribution in [0.3, 0.4) is 0 Å². The Morgan fingerprint density at radius 1 is 1.29 bits per heavy atom. The molecule has 1 atom stereocenters. The Kier molecular flexibility index (Phi) is 5.93. The highest BCUT2D eigenvalue weighted by molar-refractivity contribution is 5.52. The van der Waals surface area contributed by atoms with Gasteiger partial charge in [-0.2, -0.15) is 0 Å². The third-order valence-corrected chi connectivity index (χ3v) is 3.41. The zero-order valence-corrected chi connectivity index (χ0v) is 12.8. The maximum absolute atomic E-state index is 5.93. The summed E-state index contributed by atoms with van der Waals surface area (Å²) >= 11 is 0. The van der Waals surface area contributed by atoms with E-state index in [4.69, 9.17) is 19.9 Å². The van der Waals surface area contributed by atoms with Gasteiger partial charge in [0.2, 0.25) is 6.79 Å². The lowest BCUT2D eigenvalue weighted by Crippen LogP contribution is -2.18. The van der Waals surface area contributed by atoms with E-state index in [0.29, 0.717) is 6.61 Å². The maximum Gasteiger partial charge on any atom is 0.231 e. The van der Waals surface area contributed by atoms with E-state index in [2.05, 4.69) is 6.58 Å². The van der Waals surface area contributed by atoms with Gasteiger partial charge in [0.15, 0.2) is 11.5 Å². The summed E-state index contributed by atoms with van der Waals surface area (Å²) < 4.78 is 16.8. The number of hydrogen-bond donors (Lipinski definition) is 1. The lowest BCUT2D eigenvalue weighted by atomic mass is 10.1. The second-order valence-electron chi connectivity index (χ2n) is 5.48. The van der Waals surface area contributed by atoms with Crippen LogP contribution in [0.15, 0.2) is 24.8 Å². The average Bonchev–Trinajstić information content (AvgIpc) is 2.89. The second kappa shape index (κ2) is 7.93. The van der Waals surface area contributed by atoms with Crippen molar-refractivity contribution in [1.29, 1.82) is 0 Å². The Labute approximate surface area is 126 Å². The van der Waals surface area contributed by atoms with Gasteiger partial charge in [0.1, 0.15) is 5.75 Å². The molecular formula is C17H25NO3. The van der Waals surface area contributed by atoms with E-state index in [9.17, 15) is 0 Å². The van der Waals surface area contributed by atoms with Crippen LogP contribution in [0.5, 0.6) is 17.2 Å². The lowest BCUT2D eigenvalue weighted by molar-refractivity contribution is 0.173. The summed E-state index contributed by atoms with van der Waals surface area (Å²) in [6, 6.07) is 3.99. The van der Waals surface area contributed by atoms with E-state index in [1.54, 1.807) is 0 Å². The molecule has 0 saturated carbocycles.